The van der Waals surface area contributed by atoms with Crippen molar-refractivity contribution in [3.8, 4) is 0 Å². The molecule has 0 spiro atoms. The Balaban J connectivity index is 1.87. The second-order valence-electron chi connectivity index (χ2n) is 7.91. The van der Waals surface area contributed by atoms with Gasteiger partial charge in [-0.25, -0.2) is 8.42 Å². The monoisotopic (exact) mass is 470 g/mol. The van der Waals surface area contributed by atoms with Crippen LogP contribution in [0.5, 0.6) is 0 Å². The van der Waals surface area contributed by atoms with E-state index in [-0.39, 0.29) is 27.4 Å². The molecule has 0 aromatic heterocycles. The van der Waals surface area contributed by atoms with Gasteiger partial charge in [0.2, 0.25) is 0 Å². The molecule has 0 bridgehead atoms. The third kappa shape index (κ3) is 5.50. The van der Waals surface area contributed by atoms with E-state index in [1.54, 1.807) is 6.07 Å². The summed E-state index contributed by atoms with van der Waals surface area (Å²) in [6.07, 6.45) is 0.696. The molecule has 0 saturated heterocycles. The van der Waals surface area contributed by atoms with E-state index in [1.807, 2.05) is 64.1 Å². The normalized spacial score (nSPS) is 12.3. The first-order chi connectivity index (χ1) is 15.1. The minimum absolute atomic E-state index is 0.0462. The minimum atomic E-state index is -3.99. The Kier molecular flexibility index (Phi) is 7.26. The topological polar surface area (TPSA) is 75.3 Å². The maximum Gasteiger partial charge on any atom is 0.263 e. The standard InChI is InChI=1S/C25H27ClN2O3S/c1-5-22(19-10-7-16(2)8-11-19)27-25(29)20-12-13-21(26)24(15-20)32(30,31)28-23-14-17(3)6-9-18(23)4/h6-15,22,28H,5H2,1-4H3,(H,27,29)/t22-/m1/s1. The number of halogens is 1. The highest BCUT2D eigenvalue weighted by atomic mass is 35.5. The lowest BCUT2D eigenvalue weighted by Crippen LogP contribution is -2.28. The fourth-order valence-electron chi connectivity index (χ4n) is 3.36. The number of anilines is 1. The first kappa shape index (κ1) is 23.8. The molecule has 2 N–H and O–H groups in total. The van der Waals surface area contributed by atoms with Gasteiger partial charge in [0, 0.05) is 5.56 Å². The van der Waals surface area contributed by atoms with E-state index in [0.717, 1.165) is 22.3 Å². The summed E-state index contributed by atoms with van der Waals surface area (Å²) in [4.78, 5) is 12.8. The maximum absolute atomic E-state index is 13.1. The highest BCUT2D eigenvalue weighted by Crippen LogP contribution is 2.27. The molecule has 0 radical (unpaired) electrons. The Hall–Kier alpha value is -2.83. The number of aryl methyl sites for hydroxylation is 3. The molecule has 0 heterocycles. The van der Waals surface area contributed by atoms with Crippen molar-refractivity contribution >= 4 is 33.2 Å². The summed E-state index contributed by atoms with van der Waals surface area (Å²) in [7, 11) is -3.99. The maximum atomic E-state index is 13.1. The van der Waals surface area contributed by atoms with Crippen molar-refractivity contribution in [2.75, 3.05) is 4.72 Å². The zero-order valence-corrected chi connectivity index (χ0v) is 20.1. The quantitative estimate of drug-likeness (QED) is 0.448. The van der Waals surface area contributed by atoms with Gasteiger partial charge in [-0.1, -0.05) is 60.5 Å². The number of rotatable bonds is 7. The minimum Gasteiger partial charge on any atom is -0.345 e. The molecule has 7 heteroatoms. The fraction of sp³-hybridized carbons (Fsp3) is 0.240. The Morgan fingerprint density at radius 1 is 0.938 bits per heavy atom. The number of nitrogens with one attached hydrogen (secondary N) is 2. The van der Waals surface area contributed by atoms with Crippen LogP contribution in [-0.2, 0) is 10.0 Å². The average Bonchev–Trinajstić information content (AvgIpc) is 2.75. The number of carbonyl (C=O) groups is 1. The fourth-order valence-corrected chi connectivity index (χ4v) is 5.01. The number of sulfonamides is 1. The molecule has 0 unspecified atom stereocenters. The zero-order chi connectivity index (χ0) is 23.5. The Morgan fingerprint density at radius 3 is 2.25 bits per heavy atom. The summed E-state index contributed by atoms with van der Waals surface area (Å²) in [5.41, 5.74) is 4.54. The number of hydrogen-bond donors (Lipinski definition) is 2. The van der Waals surface area contributed by atoms with Crippen LogP contribution < -0.4 is 10.0 Å². The lowest BCUT2D eigenvalue weighted by molar-refractivity contribution is 0.0935. The van der Waals surface area contributed by atoms with Crippen molar-refractivity contribution in [2.45, 2.75) is 45.1 Å². The van der Waals surface area contributed by atoms with Gasteiger partial charge in [-0.3, -0.25) is 9.52 Å². The van der Waals surface area contributed by atoms with Gasteiger partial charge in [0.15, 0.2) is 0 Å². The number of amides is 1. The number of carbonyl (C=O) groups excluding carboxylic acids is 1. The van der Waals surface area contributed by atoms with Crippen LogP contribution in [0.4, 0.5) is 5.69 Å². The Morgan fingerprint density at radius 2 is 1.59 bits per heavy atom. The molecule has 3 rings (SSSR count). The number of hydrogen-bond acceptors (Lipinski definition) is 3. The molecule has 0 aliphatic carbocycles. The van der Waals surface area contributed by atoms with Gasteiger partial charge >= 0.3 is 0 Å². The predicted octanol–water partition coefficient (Wildman–Crippen LogP) is 5.95. The highest BCUT2D eigenvalue weighted by Gasteiger charge is 2.22. The van der Waals surface area contributed by atoms with Gasteiger partial charge in [0.1, 0.15) is 4.90 Å². The van der Waals surface area contributed by atoms with E-state index in [9.17, 15) is 13.2 Å². The van der Waals surface area contributed by atoms with Gasteiger partial charge in [-0.2, -0.15) is 0 Å². The first-order valence-electron chi connectivity index (χ1n) is 10.4. The lowest BCUT2D eigenvalue weighted by Gasteiger charge is -2.18. The van der Waals surface area contributed by atoms with Crippen LogP contribution in [0, 0.1) is 20.8 Å². The predicted molar refractivity (Wildman–Crippen MR) is 130 cm³/mol. The average molecular weight is 471 g/mol. The second kappa shape index (κ2) is 9.76. The molecule has 0 aliphatic heterocycles. The largest absolute Gasteiger partial charge is 0.345 e. The van der Waals surface area contributed by atoms with E-state index >= 15 is 0 Å². The molecule has 1 atom stereocenters. The molecule has 0 saturated carbocycles. The van der Waals surface area contributed by atoms with E-state index < -0.39 is 10.0 Å². The van der Waals surface area contributed by atoms with Crippen LogP contribution in [0.2, 0.25) is 5.02 Å². The van der Waals surface area contributed by atoms with E-state index in [0.29, 0.717) is 12.1 Å². The van der Waals surface area contributed by atoms with E-state index in [2.05, 4.69) is 10.0 Å². The van der Waals surface area contributed by atoms with Crippen LogP contribution in [0.3, 0.4) is 0 Å². The van der Waals surface area contributed by atoms with Crippen molar-refractivity contribution in [3.63, 3.8) is 0 Å². The van der Waals surface area contributed by atoms with Crippen LogP contribution >= 0.6 is 11.6 Å². The SMILES string of the molecule is CC[C@@H](NC(=O)c1ccc(Cl)c(S(=O)(=O)Nc2cc(C)ccc2C)c1)c1ccc(C)cc1. The molecule has 3 aromatic carbocycles. The molecule has 1 amide bonds. The van der Waals surface area contributed by atoms with Crippen molar-refractivity contribution in [1.29, 1.82) is 0 Å². The molecule has 0 aliphatic rings. The third-order valence-corrected chi connectivity index (χ3v) is 7.16. The smallest absolute Gasteiger partial charge is 0.263 e. The zero-order valence-electron chi connectivity index (χ0n) is 18.6. The molecule has 168 valence electrons. The summed E-state index contributed by atoms with van der Waals surface area (Å²) in [6, 6.07) is 17.5. The van der Waals surface area contributed by atoms with Crippen molar-refractivity contribution in [1.82, 2.24) is 5.32 Å². The molecular weight excluding hydrogens is 444 g/mol. The summed E-state index contributed by atoms with van der Waals surface area (Å²) >= 11 is 6.22. The van der Waals surface area contributed by atoms with Gasteiger partial charge < -0.3 is 5.32 Å². The molecule has 3 aromatic rings. The third-order valence-electron chi connectivity index (χ3n) is 5.31. The van der Waals surface area contributed by atoms with Crippen LogP contribution in [0.1, 0.15) is 52.0 Å². The molecule has 5 nitrogen and oxygen atoms in total. The Labute approximate surface area is 194 Å². The number of benzene rings is 3. The summed E-state index contributed by atoms with van der Waals surface area (Å²) in [6.45, 7) is 7.69. The van der Waals surface area contributed by atoms with Crippen LogP contribution in [0.15, 0.2) is 65.6 Å². The Bertz CT molecular complexity index is 1240. The van der Waals surface area contributed by atoms with E-state index in [1.165, 1.54) is 18.2 Å². The first-order valence-corrected chi connectivity index (χ1v) is 12.2. The van der Waals surface area contributed by atoms with Crippen molar-refractivity contribution in [3.05, 3.63) is 93.5 Å². The van der Waals surface area contributed by atoms with E-state index in [4.69, 9.17) is 11.6 Å². The van der Waals surface area contributed by atoms with Gasteiger partial charge in [0.25, 0.3) is 15.9 Å². The van der Waals surface area contributed by atoms with Crippen LogP contribution in [-0.4, -0.2) is 14.3 Å². The summed E-state index contributed by atoms with van der Waals surface area (Å²) in [5, 5.41) is 3.03. The summed E-state index contributed by atoms with van der Waals surface area (Å²) < 4.78 is 28.7. The summed E-state index contributed by atoms with van der Waals surface area (Å²) in [5.74, 6) is -0.364. The van der Waals surface area contributed by atoms with Gasteiger partial charge in [-0.15, -0.1) is 0 Å². The van der Waals surface area contributed by atoms with Gasteiger partial charge in [-0.05, 0) is 68.1 Å². The van der Waals surface area contributed by atoms with Crippen LogP contribution in [0.25, 0.3) is 0 Å². The van der Waals surface area contributed by atoms with Gasteiger partial charge in [0.05, 0.1) is 16.8 Å². The van der Waals surface area contributed by atoms with Crippen molar-refractivity contribution in [2.24, 2.45) is 0 Å². The molecular formula is C25H27ClN2O3S. The second-order valence-corrected chi connectivity index (χ2v) is 9.97. The lowest BCUT2D eigenvalue weighted by atomic mass is 10.0. The van der Waals surface area contributed by atoms with Crippen molar-refractivity contribution < 1.29 is 13.2 Å². The highest BCUT2D eigenvalue weighted by molar-refractivity contribution is 7.92. The molecule has 0 fully saturated rings. The molecule has 32 heavy (non-hydrogen) atoms.